The molecule has 0 unspecified atom stereocenters. The topological polar surface area (TPSA) is 124 Å². The van der Waals surface area contributed by atoms with Crippen LogP contribution < -0.4 is 16.4 Å². The van der Waals surface area contributed by atoms with Crippen molar-refractivity contribution in [2.24, 2.45) is 0 Å². The van der Waals surface area contributed by atoms with Crippen molar-refractivity contribution in [2.45, 2.75) is 43.7 Å². The minimum Gasteiger partial charge on any atom is -0.446 e. The lowest BCUT2D eigenvalue weighted by Gasteiger charge is -2.22. The minimum absolute atomic E-state index is 0.00757. The lowest BCUT2D eigenvalue weighted by Crippen LogP contribution is -2.37. The molecule has 1 amide bonds. The third-order valence-corrected chi connectivity index (χ3v) is 7.27. The summed E-state index contributed by atoms with van der Waals surface area (Å²) in [7, 11) is 0. The number of benzene rings is 2. The number of halogens is 1. The number of amides is 1. The van der Waals surface area contributed by atoms with E-state index >= 15 is 0 Å². The van der Waals surface area contributed by atoms with Gasteiger partial charge >= 0.3 is 6.09 Å². The standard InChI is InChI=1S/C24H27ClN6O3S/c25-18-11-15-13-33-12-14-3-1-4-17(19(14)15)20(18)21-29-22(26)31-23(30-21)35-10-2-7-28-24(32)34-16-5-8-27-9-6-16/h1,3-4,11,16,27H,2,5-10,12-13H2,(H,28,32)(H2,26,29,30,31). The summed E-state index contributed by atoms with van der Waals surface area (Å²) in [5.74, 6) is 1.29. The Balaban J connectivity index is 1.24. The van der Waals surface area contributed by atoms with Gasteiger partial charge in [-0.3, -0.25) is 0 Å². The number of alkyl carbamates (subject to hydrolysis) is 1. The van der Waals surface area contributed by atoms with E-state index in [2.05, 4.69) is 31.7 Å². The van der Waals surface area contributed by atoms with Gasteiger partial charge in [-0.2, -0.15) is 9.97 Å². The molecule has 0 aliphatic carbocycles. The molecule has 0 bridgehead atoms. The van der Waals surface area contributed by atoms with Crippen LogP contribution in [0.1, 0.15) is 30.4 Å². The maximum Gasteiger partial charge on any atom is 0.407 e. The van der Waals surface area contributed by atoms with Gasteiger partial charge in [0.15, 0.2) is 11.0 Å². The van der Waals surface area contributed by atoms with Crippen LogP contribution in [-0.2, 0) is 22.7 Å². The molecule has 0 spiro atoms. The van der Waals surface area contributed by atoms with Crippen LogP contribution in [0.15, 0.2) is 29.4 Å². The van der Waals surface area contributed by atoms with E-state index in [0.717, 1.165) is 59.8 Å². The number of nitrogen functional groups attached to an aromatic ring is 1. The summed E-state index contributed by atoms with van der Waals surface area (Å²) in [6, 6.07) is 7.99. The number of anilines is 1. The van der Waals surface area contributed by atoms with Crippen molar-refractivity contribution in [1.82, 2.24) is 25.6 Å². The summed E-state index contributed by atoms with van der Waals surface area (Å²) >= 11 is 8.15. The highest BCUT2D eigenvalue weighted by Gasteiger charge is 2.21. The molecule has 2 aliphatic heterocycles. The Bertz CT molecular complexity index is 1240. The fourth-order valence-electron chi connectivity index (χ4n) is 4.43. The van der Waals surface area contributed by atoms with E-state index in [1.807, 2.05) is 18.2 Å². The molecule has 4 N–H and O–H groups in total. The number of hydrogen-bond donors (Lipinski definition) is 3. The molecule has 2 aromatic carbocycles. The highest BCUT2D eigenvalue weighted by molar-refractivity contribution is 7.99. The number of carbonyl (C=O) groups is 1. The van der Waals surface area contributed by atoms with Crippen molar-refractivity contribution in [3.63, 3.8) is 0 Å². The van der Waals surface area contributed by atoms with Gasteiger partial charge in [-0.05, 0) is 60.3 Å². The highest BCUT2D eigenvalue weighted by atomic mass is 35.5. The normalized spacial score (nSPS) is 15.8. The number of hydrogen-bond acceptors (Lipinski definition) is 9. The lowest BCUT2D eigenvalue weighted by atomic mass is 9.94. The van der Waals surface area contributed by atoms with E-state index in [0.29, 0.717) is 41.5 Å². The van der Waals surface area contributed by atoms with Gasteiger partial charge in [0.1, 0.15) is 6.10 Å². The van der Waals surface area contributed by atoms with Gasteiger partial charge in [-0.25, -0.2) is 9.78 Å². The van der Waals surface area contributed by atoms with Crippen LogP contribution in [0.25, 0.3) is 22.2 Å². The van der Waals surface area contributed by atoms with Crippen molar-refractivity contribution in [1.29, 1.82) is 0 Å². The number of nitrogens with one attached hydrogen (secondary N) is 2. The number of nitrogens with zero attached hydrogens (tertiary/aromatic N) is 3. The van der Waals surface area contributed by atoms with Crippen LogP contribution in [-0.4, -0.2) is 52.5 Å². The number of nitrogens with two attached hydrogens (primary N) is 1. The second-order valence-electron chi connectivity index (χ2n) is 8.51. The Morgan fingerprint density at radius 1 is 1.23 bits per heavy atom. The van der Waals surface area contributed by atoms with Crippen LogP contribution in [0.5, 0.6) is 0 Å². The fraction of sp³-hybridized carbons (Fsp3) is 0.417. The smallest absolute Gasteiger partial charge is 0.407 e. The van der Waals surface area contributed by atoms with E-state index < -0.39 is 0 Å². The van der Waals surface area contributed by atoms with Gasteiger partial charge in [-0.1, -0.05) is 41.6 Å². The van der Waals surface area contributed by atoms with Gasteiger partial charge in [0.05, 0.1) is 18.2 Å². The second kappa shape index (κ2) is 10.9. The maximum absolute atomic E-state index is 12.0. The summed E-state index contributed by atoms with van der Waals surface area (Å²) < 4.78 is 11.1. The first-order chi connectivity index (χ1) is 17.1. The summed E-state index contributed by atoms with van der Waals surface area (Å²) in [5.41, 5.74) is 8.94. The van der Waals surface area contributed by atoms with Crippen molar-refractivity contribution in [3.05, 3.63) is 40.4 Å². The molecule has 9 nitrogen and oxygen atoms in total. The van der Waals surface area contributed by atoms with Crippen LogP contribution in [0.2, 0.25) is 5.02 Å². The third-order valence-electron chi connectivity index (χ3n) is 6.03. The molecule has 0 saturated carbocycles. The molecule has 3 heterocycles. The molecule has 1 saturated heterocycles. The molecule has 5 rings (SSSR count). The Kier molecular flexibility index (Phi) is 7.52. The Hall–Kier alpha value is -2.66. The summed E-state index contributed by atoms with van der Waals surface area (Å²) in [6.07, 6.45) is 2.06. The van der Waals surface area contributed by atoms with Crippen LogP contribution >= 0.6 is 23.4 Å². The molecular formula is C24H27ClN6O3S. The monoisotopic (exact) mass is 514 g/mol. The zero-order chi connectivity index (χ0) is 24.2. The van der Waals surface area contributed by atoms with Gasteiger partial charge in [0, 0.05) is 17.9 Å². The van der Waals surface area contributed by atoms with E-state index in [9.17, 15) is 4.79 Å². The quantitative estimate of drug-likeness (QED) is 0.318. The lowest BCUT2D eigenvalue weighted by molar-refractivity contribution is 0.0795. The van der Waals surface area contributed by atoms with Gasteiger partial charge in [-0.15, -0.1) is 0 Å². The van der Waals surface area contributed by atoms with Gasteiger partial charge < -0.3 is 25.8 Å². The molecule has 184 valence electrons. The first kappa shape index (κ1) is 24.1. The van der Waals surface area contributed by atoms with E-state index in [1.165, 1.54) is 11.8 Å². The molecule has 2 aliphatic rings. The van der Waals surface area contributed by atoms with Gasteiger partial charge in [0.25, 0.3) is 0 Å². The average Bonchev–Trinajstić information content (AvgIpc) is 2.84. The molecule has 0 atom stereocenters. The number of piperidine rings is 1. The number of carbonyl (C=O) groups excluding carboxylic acids is 1. The Morgan fingerprint density at radius 2 is 2.06 bits per heavy atom. The molecule has 35 heavy (non-hydrogen) atoms. The van der Waals surface area contributed by atoms with E-state index in [1.54, 1.807) is 0 Å². The zero-order valence-corrected chi connectivity index (χ0v) is 20.8. The molecular weight excluding hydrogens is 488 g/mol. The summed E-state index contributed by atoms with van der Waals surface area (Å²) in [6.45, 7) is 3.35. The van der Waals surface area contributed by atoms with E-state index in [4.69, 9.17) is 26.8 Å². The largest absolute Gasteiger partial charge is 0.446 e. The van der Waals surface area contributed by atoms with E-state index in [-0.39, 0.29) is 18.1 Å². The number of aromatic nitrogens is 3. The summed E-state index contributed by atoms with van der Waals surface area (Å²) in [5, 5.41) is 9.24. The van der Waals surface area contributed by atoms with Crippen LogP contribution in [0.3, 0.4) is 0 Å². The SMILES string of the molecule is Nc1nc(SCCCNC(=O)OC2CCNCC2)nc(-c2c(Cl)cc3c4c(cccc24)COC3)n1. The average molecular weight is 515 g/mol. The molecule has 1 fully saturated rings. The Labute approximate surface area is 212 Å². The molecule has 1 aromatic heterocycles. The van der Waals surface area contributed by atoms with Crippen molar-refractivity contribution < 1.29 is 14.3 Å². The number of thioether (sulfide) groups is 1. The molecule has 11 heteroatoms. The Morgan fingerprint density at radius 3 is 2.91 bits per heavy atom. The third kappa shape index (κ3) is 5.61. The first-order valence-electron chi connectivity index (χ1n) is 11.7. The predicted molar refractivity (Wildman–Crippen MR) is 136 cm³/mol. The number of rotatable bonds is 7. The van der Waals surface area contributed by atoms with Crippen molar-refractivity contribution in [2.75, 3.05) is 31.1 Å². The number of ether oxygens (including phenoxy) is 2. The van der Waals surface area contributed by atoms with Crippen molar-refractivity contribution in [3.8, 4) is 11.4 Å². The maximum atomic E-state index is 12.0. The van der Waals surface area contributed by atoms with Crippen LogP contribution in [0, 0.1) is 0 Å². The predicted octanol–water partition coefficient (Wildman–Crippen LogP) is 3.92. The highest BCUT2D eigenvalue weighted by Crippen LogP contribution is 2.39. The summed E-state index contributed by atoms with van der Waals surface area (Å²) in [4.78, 5) is 25.3. The second-order valence-corrected chi connectivity index (χ2v) is 9.98. The van der Waals surface area contributed by atoms with Crippen molar-refractivity contribution >= 4 is 46.2 Å². The first-order valence-corrected chi connectivity index (χ1v) is 13.1. The minimum atomic E-state index is -0.364. The molecule has 0 radical (unpaired) electrons. The zero-order valence-electron chi connectivity index (χ0n) is 19.2. The van der Waals surface area contributed by atoms with Gasteiger partial charge in [0.2, 0.25) is 5.95 Å². The fourth-order valence-corrected chi connectivity index (χ4v) is 5.53. The van der Waals surface area contributed by atoms with Crippen LogP contribution in [0.4, 0.5) is 10.7 Å². The molecule has 3 aromatic rings.